The summed E-state index contributed by atoms with van der Waals surface area (Å²) in [5.41, 5.74) is 2.58. The number of benzene rings is 1. The van der Waals surface area contributed by atoms with E-state index in [1.54, 1.807) is 0 Å². The van der Waals surface area contributed by atoms with Crippen LogP contribution in [0, 0.1) is 0 Å². The number of nitrogens with one attached hydrogen (secondary N) is 3. The van der Waals surface area contributed by atoms with Gasteiger partial charge in [0.2, 0.25) is 0 Å². The highest BCUT2D eigenvalue weighted by molar-refractivity contribution is 5.72. The van der Waals surface area contributed by atoms with Crippen LogP contribution in [-0.4, -0.2) is 31.7 Å². The van der Waals surface area contributed by atoms with E-state index in [1.165, 1.54) is 5.56 Å². The summed E-state index contributed by atoms with van der Waals surface area (Å²) in [4.78, 5) is 13.7. The first-order valence-corrected chi connectivity index (χ1v) is 6.26. The quantitative estimate of drug-likeness (QED) is 0.637. The second-order valence-electron chi connectivity index (χ2n) is 4.30. The van der Waals surface area contributed by atoms with Crippen LogP contribution in [-0.2, 0) is 6.42 Å². The average Bonchev–Trinajstić information content (AvgIpc) is 2.73. The van der Waals surface area contributed by atoms with Crippen molar-refractivity contribution in [3.05, 3.63) is 34.3 Å². The van der Waals surface area contributed by atoms with Gasteiger partial charge in [-0.3, -0.25) is 4.98 Å². The third-order valence-electron chi connectivity index (χ3n) is 2.85. The van der Waals surface area contributed by atoms with Crippen molar-refractivity contribution in [1.29, 1.82) is 0 Å². The van der Waals surface area contributed by atoms with Crippen molar-refractivity contribution in [1.82, 2.24) is 15.6 Å². The van der Waals surface area contributed by atoms with E-state index in [4.69, 9.17) is 4.42 Å². The van der Waals surface area contributed by atoms with Gasteiger partial charge in [-0.2, -0.15) is 0 Å². The Kier molecular flexibility index (Phi) is 4.55. The third kappa shape index (κ3) is 3.45. The number of hydrogen-bond acceptors (Lipinski definition) is 4. The van der Waals surface area contributed by atoms with Gasteiger partial charge in [-0.1, -0.05) is 6.07 Å². The van der Waals surface area contributed by atoms with Crippen LogP contribution >= 0.6 is 0 Å². The van der Waals surface area contributed by atoms with Gasteiger partial charge in [0.15, 0.2) is 5.58 Å². The molecule has 2 rings (SSSR count). The maximum atomic E-state index is 11.0. The predicted octanol–water partition coefficient (Wildman–Crippen LogP) is 0.863. The number of rotatable bonds is 7. The smallest absolute Gasteiger partial charge is 0.408 e. The van der Waals surface area contributed by atoms with Gasteiger partial charge in [0.25, 0.3) is 0 Å². The van der Waals surface area contributed by atoms with Crippen molar-refractivity contribution < 1.29 is 4.42 Å². The molecule has 5 heteroatoms. The van der Waals surface area contributed by atoms with Crippen LogP contribution in [0.2, 0.25) is 0 Å². The van der Waals surface area contributed by atoms with Crippen molar-refractivity contribution in [2.75, 3.05) is 26.7 Å². The number of fused-ring (bicyclic) bond motifs is 1. The summed E-state index contributed by atoms with van der Waals surface area (Å²) in [7, 11) is 1.96. The number of aromatic nitrogens is 1. The van der Waals surface area contributed by atoms with Crippen molar-refractivity contribution in [2.24, 2.45) is 0 Å². The van der Waals surface area contributed by atoms with Crippen LogP contribution in [0.1, 0.15) is 12.0 Å². The van der Waals surface area contributed by atoms with Crippen LogP contribution in [0.25, 0.3) is 11.1 Å². The average molecular weight is 249 g/mol. The van der Waals surface area contributed by atoms with Crippen molar-refractivity contribution in [2.45, 2.75) is 12.8 Å². The fourth-order valence-corrected chi connectivity index (χ4v) is 1.90. The van der Waals surface area contributed by atoms with Crippen LogP contribution in [0.3, 0.4) is 0 Å². The Balaban J connectivity index is 1.82. The Hall–Kier alpha value is -1.59. The monoisotopic (exact) mass is 249 g/mol. The van der Waals surface area contributed by atoms with Crippen molar-refractivity contribution in [3.63, 3.8) is 0 Å². The predicted molar refractivity (Wildman–Crippen MR) is 72.0 cm³/mol. The standard InChI is InChI=1S/C13H19N3O2/c1-14-6-2-7-15-8-5-10-3-4-12-11(9-10)16-13(17)18-12/h3-4,9,14-15H,2,5-8H2,1H3,(H,16,17). The van der Waals surface area contributed by atoms with E-state index in [0.29, 0.717) is 5.58 Å². The first kappa shape index (κ1) is 12.9. The minimum Gasteiger partial charge on any atom is -0.408 e. The molecule has 1 heterocycles. The van der Waals surface area contributed by atoms with Crippen LogP contribution in [0.5, 0.6) is 0 Å². The van der Waals surface area contributed by atoms with Gasteiger partial charge < -0.3 is 15.1 Å². The molecule has 0 fully saturated rings. The highest BCUT2D eigenvalue weighted by atomic mass is 16.4. The fraction of sp³-hybridized carbons (Fsp3) is 0.462. The fourth-order valence-electron chi connectivity index (χ4n) is 1.90. The van der Waals surface area contributed by atoms with E-state index in [2.05, 4.69) is 15.6 Å². The third-order valence-corrected chi connectivity index (χ3v) is 2.85. The summed E-state index contributed by atoms with van der Waals surface area (Å²) in [5.74, 6) is -0.396. The Morgan fingerprint density at radius 2 is 2.17 bits per heavy atom. The number of H-pyrrole nitrogens is 1. The topological polar surface area (TPSA) is 70.1 Å². The molecule has 2 aromatic rings. The lowest BCUT2D eigenvalue weighted by atomic mass is 10.1. The zero-order valence-electron chi connectivity index (χ0n) is 10.6. The minimum atomic E-state index is -0.396. The molecule has 98 valence electrons. The SMILES string of the molecule is CNCCCNCCc1ccc2oc(=O)[nH]c2c1. The van der Waals surface area contributed by atoms with E-state index >= 15 is 0 Å². The molecule has 0 aliphatic rings. The van der Waals surface area contributed by atoms with Gasteiger partial charge in [-0.25, -0.2) is 4.79 Å². The van der Waals surface area contributed by atoms with E-state index in [9.17, 15) is 4.79 Å². The van der Waals surface area contributed by atoms with Crippen LogP contribution < -0.4 is 16.4 Å². The molecule has 0 bridgehead atoms. The normalized spacial score (nSPS) is 11.2. The molecule has 0 unspecified atom stereocenters. The van der Waals surface area contributed by atoms with Gasteiger partial charge in [0, 0.05) is 0 Å². The largest absolute Gasteiger partial charge is 0.417 e. The lowest BCUT2D eigenvalue weighted by molar-refractivity contribution is 0.555. The first-order chi connectivity index (χ1) is 8.79. The Bertz CT molecular complexity index is 544. The Morgan fingerprint density at radius 3 is 3.00 bits per heavy atom. The van der Waals surface area contributed by atoms with Gasteiger partial charge >= 0.3 is 5.76 Å². The molecule has 3 N–H and O–H groups in total. The summed E-state index contributed by atoms with van der Waals surface area (Å²) < 4.78 is 4.96. The lowest BCUT2D eigenvalue weighted by Gasteiger charge is -2.04. The van der Waals surface area contributed by atoms with Gasteiger partial charge in [-0.15, -0.1) is 0 Å². The van der Waals surface area contributed by atoms with Crippen LogP contribution in [0.15, 0.2) is 27.4 Å². The summed E-state index contributed by atoms with van der Waals surface area (Å²) in [6, 6.07) is 5.80. The molecule has 0 aliphatic carbocycles. The van der Waals surface area contributed by atoms with E-state index in [0.717, 1.165) is 38.0 Å². The van der Waals surface area contributed by atoms with Gasteiger partial charge in [0.1, 0.15) is 0 Å². The van der Waals surface area contributed by atoms with Crippen molar-refractivity contribution >= 4 is 11.1 Å². The van der Waals surface area contributed by atoms with E-state index in [1.807, 2.05) is 25.2 Å². The van der Waals surface area contributed by atoms with Crippen molar-refractivity contribution in [3.8, 4) is 0 Å². The highest BCUT2D eigenvalue weighted by Gasteiger charge is 2.01. The number of oxazole rings is 1. The molecule has 18 heavy (non-hydrogen) atoms. The van der Waals surface area contributed by atoms with E-state index < -0.39 is 5.76 Å². The first-order valence-electron chi connectivity index (χ1n) is 6.26. The summed E-state index contributed by atoms with van der Waals surface area (Å²) in [6.45, 7) is 3.00. The Morgan fingerprint density at radius 1 is 1.28 bits per heavy atom. The molecule has 1 aromatic carbocycles. The molecule has 0 amide bonds. The maximum Gasteiger partial charge on any atom is 0.417 e. The second kappa shape index (κ2) is 6.37. The number of hydrogen-bond donors (Lipinski definition) is 3. The molecular weight excluding hydrogens is 230 g/mol. The minimum absolute atomic E-state index is 0.396. The lowest BCUT2D eigenvalue weighted by Crippen LogP contribution is -2.21. The second-order valence-corrected chi connectivity index (χ2v) is 4.30. The zero-order chi connectivity index (χ0) is 12.8. The molecule has 0 aliphatic heterocycles. The Labute approximate surface area is 106 Å². The molecule has 0 atom stereocenters. The summed E-state index contributed by atoms with van der Waals surface area (Å²) in [5, 5.41) is 6.50. The van der Waals surface area contributed by atoms with Gasteiger partial charge in [0.05, 0.1) is 5.52 Å². The molecule has 0 spiro atoms. The molecule has 0 radical (unpaired) electrons. The molecule has 1 aromatic heterocycles. The molecule has 5 nitrogen and oxygen atoms in total. The highest BCUT2D eigenvalue weighted by Crippen LogP contribution is 2.12. The van der Waals surface area contributed by atoms with Crippen LogP contribution in [0.4, 0.5) is 0 Å². The molecule has 0 saturated carbocycles. The molecule has 0 saturated heterocycles. The summed E-state index contributed by atoms with van der Waals surface area (Å²) in [6.07, 6.45) is 2.08. The molecular formula is C13H19N3O2. The maximum absolute atomic E-state index is 11.0. The summed E-state index contributed by atoms with van der Waals surface area (Å²) >= 11 is 0. The number of aromatic amines is 1. The van der Waals surface area contributed by atoms with E-state index in [-0.39, 0.29) is 0 Å². The van der Waals surface area contributed by atoms with Gasteiger partial charge in [-0.05, 0) is 57.2 Å². The zero-order valence-corrected chi connectivity index (χ0v) is 10.6.